The van der Waals surface area contributed by atoms with E-state index >= 15 is 0 Å². The molecule has 1 unspecified atom stereocenters. The van der Waals surface area contributed by atoms with Gasteiger partial charge in [-0.1, -0.05) is 25.4 Å². The van der Waals surface area contributed by atoms with Gasteiger partial charge in [-0.05, 0) is 44.5 Å². The molecule has 0 saturated carbocycles. The van der Waals surface area contributed by atoms with Gasteiger partial charge in [0.2, 0.25) is 10.0 Å². The van der Waals surface area contributed by atoms with Crippen LogP contribution in [0.3, 0.4) is 0 Å². The SMILES string of the molecule is C[C@@H]1C[C@H](C)C[NH+](CC(C)(C)NS(=O)(=O)c2ccc(Cl)cc2)C1. The molecule has 1 aromatic carbocycles. The van der Waals surface area contributed by atoms with E-state index in [0.29, 0.717) is 16.9 Å². The van der Waals surface area contributed by atoms with Gasteiger partial charge < -0.3 is 4.90 Å². The molecule has 0 aromatic heterocycles. The van der Waals surface area contributed by atoms with Crippen molar-refractivity contribution in [1.29, 1.82) is 0 Å². The average Bonchev–Trinajstić information content (AvgIpc) is 2.35. The second-order valence-electron chi connectivity index (χ2n) is 7.72. The molecule has 4 nitrogen and oxygen atoms in total. The van der Waals surface area contributed by atoms with Crippen LogP contribution in [0, 0.1) is 11.8 Å². The molecule has 1 aliphatic heterocycles. The third-order valence-corrected chi connectivity index (χ3v) is 6.27. The summed E-state index contributed by atoms with van der Waals surface area (Å²) in [6.45, 7) is 11.5. The zero-order valence-electron chi connectivity index (χ0n) is 14.4. The van der Waals surface area contributed by atoms with Gasteiger partial charge in [0.25, 0.3) is 0 Å². The lowest BCUT2D eigenvalue weighted by Gasteiger charge is -2.37. The maximum Gasteiger partial charge on any atom is 0.241 e. The third kappa shape index (κ3) is 5.45. The monoisotopic (exact) mass is 359 g/mol. The molecule has 0 radical (unpaired) electrons. The zero-order chi connectivity index (χ0) is 17.3. The predicted octanol–water partition coefficient (Wildman–Crippen LogP) is 1.96. The van der Waals surface area contributed by atoms with Crippen LogP contribution in [-0.4, -0.2) is 33.6 Å². The molecule has 1 heterocycles. The Morgan fingerprint density at radius 2 is 1.70 bits per heavy atom. The van der Waals surface area contributed by atoms with Crippen LogP contribution in [-0.2, 0) is 10.0 Å². The van der Waals surface area contributed by atoms with Crippen LogP contribution < -0.4 is 9.62 Å². The maximum atomic E-state index is 12.6. The molecule has 2 N–H and O–H groups in total. The molecule has 1 aliphatic rings. The quantitative estimate of drug-likeness (QED) is 0.844. The first-order chi connectivity index (χ1) is 10.6. The molecule has 0 amide bonds. The Hall–Kier alpha value is -0.620. The Labute approximate surface area is 145 Å². The smallest absolute Gasteiger partial charge is 0.241 e. The summed E-state index contributed by atoms with van der Waals surface area (Å²) >= 11 is 5.83. The van der Waals surface area contributed by atoms with Crippen molar-refractivity contribution in [3.8, 4) is 0 Å². The first-order valence-electron chi connectivity index (χ1n) is 8.20. The molecule has 0 bridgehead atoms. The van der Waals surface area contributed by atoms with Gasteiger partial charge in [-0.15, -0.1) is 0 Å². The second-order valence-corrected chi connectivity index (χ2v) is 9.84. The standard InChI is InChI=1S/C17H27ClN2O2S/c1-13-9-14(2)11-20(10-13)12-17(3,4)19-23(21,22)16-7-5-15(18)6-8-16/h5-8,13-14,19H,9-12H2,1-4H3/p+1/t13-,14+. The molecule has 2 rings (SSSR count). The minimum Gasteiger partial charge on any atom is -0.333 e. The summed E-state index contributed by atoms with van der Waals surface area (Å²) in [6.07, 6.45) is 1.26. The minimum atomic E-state index is -3.53. The van der Waals surface area contributed by atoms with Gasteiger partial charge in [-0.3, -0.25) is 0 Å². The number of halogens is 1. The van der Waals surface area contributed by atoms with Gasteiger partial charge in [0.1, 0.15) is 0 Å². The van der Waals surface area contributed by atoms with E-state index in [9.17, 15) is 8.42 Å². The predicted molar refractivity (Wildman–Crippen MR) is 94.4 cm³/mol. The first-order valence-corrected chi connectivity index (χ1v) is 10.1. The molecule has 1 fully saturated rings. The molecule has 0 aliphatic carbocycles. The van der Waals surface area contributed by atoms with Crippen LogP contribution in [0.15, 0.2) is 29.2 Å². The second kappa shape index (κ2) is 7.09. The summed E-state index contributed by atoms with van der Waals surface area (Å²) in [5.74, 6) is 1.38. The van der Waals surface area contributed by atoms with Gasteiger partial charge in [-0.25, -0.2) is 8.42 Å². The van der Waals surface area contributed by atoms with Crippen molar-refractivity contribution in [3.63, 3.8) is 0 Å². The fourth-order valence-corrected chi connectivity index (χ4v) is 5.30. The summed E-state index contributed by atoms with van der Waals surface area (Å²) in [5, 5.41) is 0.531. The highest BCUT2D eigenvalue weighted by Gasteiger charge is 2.33. The highest BCUT2D eigenvalue weighted by atomic mass is 35.5. The van der Waals surface area contributed by atoms with Crippen LogP contribution >= 0.6 is 11.6 Å². The van der Waals surface area contributed by atoms with E-state index in [1.165, 1.54) is 11.3 Å². The van der Waals surface area contributed by atoms with E-state index in [-0.39, 0.29) is 4.90 Å². The number of nitrogens with one attached hydrogen (secondary N) is 2. The Morgan fingerprint density at radius 3 is 2.22 bits per heavy atom. The number of quaternary nitrogens is 1. The lowest BCUT2D eigenvalue weighted by molar-refractivity contribution is -0.915. The Bertz CT molecular complexity index is 618. The average molecular weight is 360 g/mol. The summed E-state index contributed by atoms with van der Waals surface area (Å²) in [5.41, 5.74) is -0.495. The highest BCUT2D eigenvalue weighted by molar-refractivity contribution is 7.89. The maximum absolute atomic E-state index is 12.6. The molecule has 1 saturated heterocycles. The summed E-state index contributed by atoms with van der Waals surface area (Å²) < 4.78 is 28.0. The lowest BCUT2D eigenvalue weighted by Crippen LogP contribution is -3.16. The van der Waals surface area contributed by atoms with Crippen LogP contribution in [0.2, 0.25) is 5.02 Å². The van der Waals surface area contributed by atoms with Crippen molar-refractivity contribution in [3.05, 3.63) is 29.3 Å². The number of rotatable bonds is 5. The topological polar surface area (TPSA) is 50.6 Å². The van der Waals surface area contributed by atoms with Crippen LogP contribution in [0.1, 0.15) is 34.1 Å². The van der Waals surface area contributed by atoms with Crippen molar-refractivity contribution in [1.82, 2.24) is 4.72 Å². The summed E-state index contributed by atoms with van der Waals surface area (Å²) in [4.78, 5) is 1.73. The lowest BCUT2D eigenvalue weighted by atomic mass is 9.91. The number of likely N-dealkylation sites (tertiary alicyclic amines) is 1. The normalized spacial score (nSPS) is 26.2. The van der Waals surface area contributed by atoms with Crippen molar-refractivity contribution in [2.45, 2.75) is 44.6 Å². The van der Waals surface area contributed by atoms with Crippen LogP contribution in [0.4, 0.5) is 0 Å². The highest BCUT2D eigenvalue weighted by Crippen LogP contribution is 2.17. The van der Waals surface area contributed by atoms with E-state index in [1.54, 1.807) is 24.3 Å². The summed E-state index contributed by atoms with van der Waals surface area (Å²) in [6, 6.07) is 6.28. The van der Waals surface area contributed by atoms with Crippen molar-refractivity contribution < 1.29 is 13.3 Å². The van der Waals surface area contributed by atoms with Crippen molar-refractivity contribution in [2.75, 3.05) is 19.6 Å². The fourth-order valence-electron chi connectivity index (χ4n) is 3.76. The molecule has 6 heteroatoms. The van der Waals surface area contributed by atoms with E-state index in [4.69, 9.17) is 11.6 Å². The fraction of sp³-hybridized carbons (Fsp3) is 0.647. The molecule has 23 heavy (non-hydrogen) atoms. The van der Waals surface area contributed by atoms with Gasteiger partial charge >= 0.3 is 0 Å². The zero-order valence-corrected chi connectivity index (χ0v) is 16.0. The third-order valence-electron chi connectivity index (χ3n) is 4.31. The minimum absolute atomic E-state index is 0.255. The van der Waals surface area contributed by atoms with Gasteiger partial charge in [-0.2, -0.15) is 4.72 Å². The van der Waals surface area contributed by atoms with E-state index in [1.807, 2.05) is 13.8 Å². The van der Waals surface area contributed by atoms with Gasteiger partial charge in [0, 0.05) is 16.9 Å². The Morgan fingerprint density at radius 1 is 1.17 bits per heavy atom. The van der Waals surface area contributed by atoms with E-state index in [2.05, 4.69) is 18.6 Å². The number of hydrogen-bond acceptors (Lipinski definition) is 2. The number of hydrogen-bond donors (Lipinski definition) is 2. The molecule has 1 aromatic rings. The molecule has 3 atom stereocenters. The molecular weight excluding hydrogens is 332 g/mol. The molecule has 0 spiro atoms. The molecule has 130 valence electrons. The van der Waals surface area contributed by atoms with Gasteiger partial charge in [0.15, 0.2) is 0 Å². The van der Waals surface area contributed by atoms with E-state index in [0.717, 1.165) is 19.6 Å². The van der Waals surface area contributed by atoms with Crippen molar-refractivity contribution in [2.24, 2.45) is 11.8 Å². The van der Waals surface area contributed by atoms with Crippen molar-refractivity contribution >= 4 is 21.6 Å². The number of piperidine rings is 1. The number of benzene rings is 1. The van der Waals surface area contributed by atoms with Gasteiger partial charge in [0.05, 0.1) is 30.1 Å². The van der Waals surface area contributed by atoms with Crippen LogP contribution in [0.25, 0.3) is 0 Å². The molecular formula is C17H28ClN2O2S+. The van der Waals surface area contributed by atoms with E-state index < -0.39 is 15.6 Å². The number of sulfonamides is 1. The Kier molecular flexibility index (Phi) is 5.77. The Balaban J connectivity index is 2.06. The first kappa shape index (κ1) is 18.7. The largest absolute Gasteiger partial charge is 0.333 e. The summed E-state index contributed by atoms with van der Waals surface area (Å²) in [7, 11) is -3.53. The van der Waals surface area contributed by atoms with Crippen LogP contribution in [0.5, 0.6) is 0 Å².